The van der Waals surface area contributed by atoms with Crippen LogP contribution in [-0.4, -0.2) is 24.4 Å². The normalized spacial score (nSPS) is 11.2. The second-order valence-electron chi connectivity index (χ2n) is 6.86. The van der Waals surface area contributed by atoms with Gasteiger partial charge in [-0.05, 0) is 25.5 Å². The van der Waals surface area contributed by atoms with Crippen molar-refractivity contribution in [3.05, 3.63) is 90.4 Å². The molecule has 0 fully saturated rings. The fraction of sp³-hybridized carbons (Fsp3) is 0.0870. The lowest BCUT2D eigenvalue weighted by Gasteiger charge is -2.11. The average molecular weight is 365 g/mol. The summed E-state index contributed by atoms with van der Waals surface area (Å²) in [5, 5.41) is 9.33. The van der Waals surface area contributed by atoms with Crippen LogP contribution in [0.5, 0.6) is 0 Å². The maximum absolute atomic E-state index is 4.96. The molecule has 2 aromatic carbocycles. The molecule has 3 aromatic heterocycles. The molecular formula is C23H19N5. The highest BCUT2D eigenvalue weighted by Gasteiger charge is 2.16. The molecule has 0 aliphatic rings. The Morgan fingerprint density at radius 1 is 0.786 bits per heavy atom. The standard InChI is InChI=1S/C23H19N5/c1-16-13-17(2)27(26-16)22-14-21(19-11-7-4-8-12-19)25-23-20(15-24-28(22)23)18-9-5-3-6-10-18/h3-15H,1-2H3. The molecule has 0 atom stereocenters. The highest BCUT2D eigenvalue weighted by atomic mass is 15.4. The zero-order chi connectivity index (χ0) is 19.1. The van der Waals surface area contributed by atoms with Crippen LogP contribution in [0.25, 0.3) is 33.8 Å². The third kappa shape index (κ3) is 2.68. The van der Waals surface area contributed by atoms with Crippen molar-refractivity contribution >= 4 is 5.65 Å². The van der Waals surface area contributed by atoms with Gasteiger partial charge >= 0.3 is 0 Å². The van der Waals surface area contributed by atoms with Gasteiger partial charge in [0.2, 0.25) is 0 Å². The molecule has 5 aromatic rings. The van der Waals surface area contributed by atoms with Gasteiger partial charge in [0.1, 0.15) is 0 Å². The Hall–Kier alpha value is -3.73. The topological polar surface area (TPSA) is 48.0 Å². The maximum Gasteiger partial charge on any atom is 0.165 e. The fourth-order valence-electron chi connectivity index (χ4n) is 3.54. The van der Waals surface area contributed by atoms with Gasteiger partial charge in [-0.2, -0.15) is 14.7 Å². The van der Waals surface area contributed by atoms with Crippen molar-refractivity contribution in [2.75, 3.05) is 0 Å². The van der Waals surface area contributed by atoms with Crippen LogP contribution in [0.2, 0.25) is 0 Å². The van der Waals surface area contributed by atoms with Gasteiger partial charge in [-0.25, -0.2) is 9.67 Å². The van der Waals surface area contributed by atoms with E-state index < -0.39 is 0 Å². The molecule has 0 saturated carbocycles. The van der Waals surface area contributed by atoms with Crippen molar-refractivity contribution in [1.29, 1.82) is 0 Å². The van der Waals surface area contributed by atoms with E-state index in [-0.39, 0.29) is 0 Å². The first kappa shape index (κ1) is 16.4. The molecule has 0 aliphatic heterocycles. The summed E-state index contributed by atoms with van der Waals surface area (Å²) >= 11 is 0. The molecule has 0 aliphatic carbocycles. The van der Waals surface area contributed by atoms with E-state index in [1.165, 1.54) is 0 Å². The number of nitrogens with zero attached hydrogens (tertiary/aromatic N) is 5. The number of aryl methyl sites for hydroxylation is 2. The van der Waals surface area contributed by atoms with E-state index in [1.54, 1.807) is 0 Å². The second-order valence-corrected chi connectivity index (χ2v) is 6.86. The van der Waals surface area contributed by atoms with Gasteiger partial charge in [0.05, 0.1) is 17.6 Å². The van der Waals surface area contributed by atoms with E-state index in [0.29, 0.717) is 0 Å². The minimum absolute atomic E-state index is 0.815. The van der Waals surface area contributed by atoms with Crippen LogP contribution in [-0.2, 0) is 0 Å². The van der Waals surface area contributed by atoms with Crippen molar-refractivity contribution in [3.63, 3.8) is 0 Å². The lowest BCUT2D eigenvalue weighted by molar-refractivity contribution is 0.756. The Balaban J connectivity index is 1.83. The summed E-state index contributed by atoms with van der Waals surface area (Å²) in [6.07, 6.45) is 1.88. The number of rotatable bonds is 3. The van der Waals surface area contributed by atoms with Crippen LogP contribution in [0.4, 0.5) is 0 Å². The highest BCUT2D eigenvalue weighted by Crippen LogP contribution is 2.28. The van der Waals surface area contributed by atoms with Crippen LogP contribution in [0.1, 0.15) is 11.4 Å². The van der Waals surface area contributed by atoms with Crippen molar-refractivity contribution in [2.24, 2.45) is 0 Å². The molecule has 136 valence electrons. The summed E-state index contributed by atoms with van der Waals surface area (Å²) < 4.78 is 3.80. The van der Waals surface area contributed by atoms with Gasteiger partial charge in [-0.15, -0.1) is 0 Å². The van der Waals surface area contributed by atoms with Crippen LogP contribution in [0.3, 0.4) is 0 Å². The van der Waals surface area contributed by atoms with Gasteiger partial charge < -0.3 is 0 Å². The molecule has 0 saturated heterocycles. The van der Waals surface area contributed by atoms with E-state index >= 15 is 0 Å². The largest absolute Gasteiger partial charge is 0.228 e. The van der Waals surface area contributed by atoms with Gasteiger partial charge in [-0.3, -0.25) is 0 Å². The average Bonchev–Trinajstić information content (AvgIpc) is 3.31. The molecule has 0 bridgehead atoms. The zero-order valence-corrected chi connectivity index (χ0v) is 15.7. The number of benzene rings is 2. The van der Waals surface area contributed by atoms with Crippen molar-refractivity contribution in [1.82, 2.24) is 24.4 Å². The summed E-state index contributed by atoms with van der Waals surface area (Å²) in [7, 11) is 0. The first-order chi connectivity index (χ1) is 13.7. The molecule has 0 radical (unpaired) electrons. The molecule has 28 heavy (non-hydrogen) atoms. The third-order valence-corrected chi connectivity index (χ3v) is 4.83. The van der Waals surface area contributed by atoms with Crippen LogP contribution in [0, 0.1) is 13.8 Å². The molecule has 0 spiro atoms. The number of hydrogen-bond donors (Lipinski definition) is 0. The second kappa shape index (κ2) is 6.46. The highest BCUT2D eigenvalue weighted by molar-refractivity contribution is 5.79. The molecule has 0 N–H and O–H groups in total. The number of fused-ring (bicyclic) bond motifs is 1. The minimum atomic E-state index is 0.815. The Kier molecular flexibility index (Phi) is 3.79. The number of aromatic nitrogens is 5. The van der Waals surface area contributed by atoms with Crippen LogP contribution < -0.4 is 0 Å². The SMILES string of the molecule is Cc1cc(C)n(-c2cc(-c3ccccc3)nc3c(-c4ccccc4)cnn23)n1. The molecule has 0 unspecified atom stereocenters. The Morgan fingerprint density at radius 2 is 1.46 bits per heavy atom. The van der Waals surface area contributed by atoms with E-state index in [1.807, 2.05) is 64.8 Å². The van der Waals surface area contributed by atoms with E-state index in [9.17, 15) is 0 Å². The third-order valence-electron chi connectivity index (χ3n) is 4.83. The smallest absolute Gasteiger partial charge is 0.165 e. The van der Waals surface area contributed by atoms with E-state index in [4.69, 9.17) is 4.98 Å². The predicted molar refractivity (Wildman–Crippen MR) is 110 cm³/mol. The molecular weight excluding hydrogens is 346 g/mol. The van der Waals surface area contributed by atoms with Gasteiger partial charge in [-0.1, -0.05) is 60.7 Å². The maximum atomic E-state index is 4.96. The molecule has 3 heterocycles. The van der Waals surface area contributed by atoms with Crippen molar-refractivity contribution < 1.29 is 0 Å². The summed E-state index contributed by atoms with van der Waals surface area (Å²) in [6.45, 7) is 4.05. The van der Waals surface area contributed by atoms with Crippen molar-refractivity contribution in [3.8, 4) is 28.2 Å². The Labute approximate surface area is 162 Å². The molecule has 5 nitrogen and oxygen atoms in total. The number of hydrogen-bond acceptors (Lipinski definition) is 3. The fourth-order valence-corrected chi connectivity index (χ4v) is 3.54. The molecule has 5 rings (SSSR count). The Morgan fingerprint density at radius 3 is 2.11 bits per heavy atom. The minimum Gasteiger partial charge on any atom is -0.228 e. The predicted octanol–water partition coefficient (Wildman–Crippen LogP) is 4.87. The van der Waals surface area contributed by atoms with Gasteiger partial charge in [0, 0.05) is 22.9 Å². The van der Waals surface area contributed by atoms with E-state index in [2.05, 4.69) is 47.5 Å². The first-order valence-electron chi connectivity index (χ1n) is 9.24. The lowest BCUT2D eigenvalue weighted by Crippen LogP contribution is -2.08. The van der Waals surface area contributed by atoms with E-state index in [0.717, 1.165) is 45.2 Å². The zero-order valence-electron chi connectivity index (χ0n) is 15.7. The van der Waals surface area contributed by atoms with Crippen molar-refractivity contribution in [2.45, 2.75) is 13.8 Å². The molecule has 5 heteroatoms. The van der Waals surface area contributed by atoms with Crippen LogP contribution >= 0.6 is 0 Å². The molecule has 0 amide bonds. The van der Waals surface area contributed by atoms with Gasteiger partial charge in [0.15, 0.2) is 11.5 Å². The monoisotopic (exact) mass is 365 g/mol. The van der Waals surface area contributed by atoms with Gasteiger partial charge in [0.25, 0.3) is 0 Å². The summed E-state index contributed by atoms with van der Waals surface area (Å²) in [4.78, 5) is 4.96. The lowest BCUT2D eigenvalue weighted by atomic mass is 10.1. The van der Waals surface area contributed by atoms with Crippen LogP contribution in [0.15, 0.2) is 79.0 Å². The Bertz CT molecular complexity index is 1270. The summed E-state index contributed by atoms with van der Waals surface area (Å²) in [6, 6.07) is 24.6. The quantitative estimate of drug-likeness (QED) is 0.458. The summed E-state index contributed by atoms with van der Waals surface area (Å²) in [5.41, 5.74) is 6.90. The first-order valence-corrected chi connectivity index (χ1v) is 9.24. The summed E-state index contributed by atoms with van der Waals surface area (Å²) in [5.74, 6) is 0.872.